The van der Waals surface area contributed by atoms with Crippen molar-refractivity contribution in [3.63, 3.8) is 0 Å². The SMILES string of the molecule is Cc1cc(S(=O)(=O)N2CCOCC2)sc1CCl. The van der Waals surface area contributed by atoms with E-state index in [-0.39, 0.29) is 0 Å². The molecule has 0 spiro atoms. The molecule has 0 aliphatic carbocycles. The fourth-order valence-electron chi connectivity index (χ4n) is 1.66. The Morgan fingerprint density at radius 1 is 1.47 bits per heavy atom. The Morgan fingerprint density at radius 3 is 2.65 bits per heavy atom. The van der Waals surface area contributed by atoms with E-state index in [1.807, 2.05) is 6.92 Å². The first-order valence-corrected chi connectivity index (χ1v) is 8.08. The molecular weight excluding hydrogens is 282 g/mol. The van der Waals surface area contributed by atoms with Crippen LogP contribution < -0.4 is 0 Å². The molecule has 4 nitrogen and oxygen atoms in total. The van der Waals surface area contributed by atoms with Crippen molar-refractivity contribution in [3.05, 3.63) is 16.5 Å². The van der Waals surface area contributed by atoms with Gasteiger partial charge in [0, 0.05) is 18.0 Å². The average Bonchev–Trinajstić information content (AvgIpc) is 2.72. The molecule has 1 aromatic rings. The van der Waals surface area contributed by atoms with Gasteiger partial charge in [-0.1, -0.05) is 0 Å². The summed E-state index contributed by atoms with van der Waals surface area (Å²) < 4.78 is 31.6. The van der Waals surface area contributed by atoms with Gasteiger partial charge in [0.2, 0.25) is 0 Å². The van der Waals surface area contributed by atoms with Gasteiger partial charge in [-0.15, -0.1) is 22.9 Å². The zero-order chi connectivity index (χ0) is 12.5. The number of aryl methyl sites for hydroxylation is 1. The quantitative estimate of drug-likeness (QED) is 0.799. The van der Waals surface area contributed by atoms with Crippen LogP contribution in [0.2, 0.25) is 0 Å². The topological polar surface area (TPSA) is 46.6 Å². The molecular formula is C10H14ClNO3S2. The molecule has 17 heavy (non-hydrogen) atoms. The third-order valence-corrected chi connectivity index (χ3v) is 6.69. The molecule has 1 aliphatic heterocycles. The highest BCUT2D eigenvalue weighted by Gasteiger charge is 2.28. The second-order valence-corrected chi connectivity index (χ2v) is 7.39. The maximum atomic E-state index is 12.3. The summed E-state index contributed by atoms with van der Waals surface area (Å²) in [6, 6.07) is 1.70. The minimum absolute atomic E-state index is 0.356. The summed E-state index contributed by atoms with van der Waals surface area (Å²) in [6.45, 7) is 3.66. The maximum Gasteiger partial charge on any atom is 0.252 e. The smallest absolute Gasteiger partial charge is 0.252 e. The third-order valence-electron chi connectivity index (χ3n) is 2.68. The number of thiophene rings is 1. The minimum atomic E-state index is -3.36. The predicted molar refractivity (Wildman–Crippen MR) is 68.2 cm³/mol. The Labute approximate surface area is 110 Å². The van der Waals surface area contributed by atoms with Crippen molar-refractivity contribution in [2.75, 3.05) is 26.3 Å². The maximum absolute atomic E-state index is 12.3. The zero-order valence-electron chi connectivity index (χ0n) is 9.48. The van der Waals surface area contributed by atoms with Crippen LogP contribution in [0.3, 0.4) is 0 Å². The predicted octanol–water partition coefficient (Wildman–Crippen LogP) is 1.82. The summed E-state index contributed by atoms with van der Waals surface area (Å²) in [6.07, 6.45) is 0. The van der Waals surface area contributed by atoms with E-state index in [0.29, 0.717) is 36.4 Å². The number of halogens is 1. The number of nitrogens with zero attached hydrogens (tertiary/aromatic N) is 1. The highest BCUT2D eigenvalue weighted by Crippen LogP contribution is 2.29. The van der Waals surface area contributed by atoms with Crippen LogP contribution in [0.1, 0.15) is 10.4 Å². The van der Waals surface area contributed by atoms with Crippen LogP contribution in [0.25, 0.3) is 0 Å². The van der Waals surface area contributed by atoms with E-state index in [9.17, 15) is 8.42 Å². The largest absolute Gasteiger partial charge is 0.379 e. The van der Waals surface area contributed by atoms with Gasteiger partial charge < -0.3 is 4.74 Å². The number of sulfonamides is 1. The van der Waals surface area contributed by atoms with E-state index in [2.05, 4.69) is 0 Å². The molecule has 2 heterocycles. The fraction of sp³-hybridized carbons (Fsp3) is 0.600. The molecule has 0 saturated carbocycles. The van der Waals surface area contributed by atoms with Gasteiger partial charge in [-0.05, 0) is 18.6 Å². The Balaban J connectivity index is 2.30. The Hall–Kier alpha value is -0.140. The first kappa shape index (κ1) is 13.3. The van der Waals surface area contributed by atoms with E-state index in [0.717, 1.165) is 10.4 Å². The molecule has 1 aromatic heterocycles. The molecule has 0 atom stereocenters. The highest BCUT2D eigenvalue weighted by molar-refractivity contribution is 7.91. The van der Waals surface area contributed by atoms with Crippen molar-refractivity contribution in [2.45, 2.75) is 17.0 Å². The van der Waals surface area contributed by atoms with Crippen LogP contribution >= 0.6 is 22.9 Å². The van der Waals surface area contributed by atoms with E-state index >= 15 is 0 Å². The molecule has 0 amide bonds. The number of hydrogen-bond acceptors (Lipinski definition) is 4. The van der Waals surface area contributed by atoms with Crippen LogP contribution in [0.4, 0.5) is 0 Å². The number of rotatable bonds is 3. The normalized spacial score (nSPS) is 18.5. The van der Waals surface area contributed by atoms with Crippen LogP contribution in [0.5, 0.6) is 0 Å². The van der Waals surface area contributed by atoms with Gasteiger partial charge in [-0.2, -0.15) is 4.31 Å². The first-order valence-electron chi connectivity index (χ1n) is 5.29. The molecule has 1 aliphatic rings. The Bertz CT molecular complexity index is 492. The molecule has 0 unspecified atom stereocenters. The molecule has 1 saturated heterocycles. The molecule has 7 heteroatoms. The van der Waals surface area contributed by atoms with Gasteiger partial charge in [0.15, 0.2) is 0 Å². The second kappa shape index (κ2) is 5.24. The second-order valence-electron chi connectivity index (χ2n) is 3.82. The van der Waals surface area contributed by atoms with E-state index in [1.165, 1.54) is 15.6 Å². The van der Waals surface area contributed by atoms with E-state index in [4.69, 9.17) is 16.3 Å². The lowest BCUT2D eigenvalue weighted by atomic mass is 10.3. The number of ether oxygens (including phenoxy) is 1. The molecule has 0 radical (unpaired) electrons. The van der Waals surface area contributed by atoms with Crippen molar-refractivity contribution in [2.24, 2.45) is 0 Å². The van der Waals surface area contributed by atoms with Crippen molar-refractivity contribution in [1.29, 1.82) is 0 Å². The molecule has 1 fully saturated rings. The van der Waals surface area contributed by atoms with E-state index in [1.54, 1.807) is 6.07 Å². The van der Waals surface area contributed by atoms with Gasteiger partial charge in [-0.3, -0.25) is 0 Å². The minimum Gasteiger partial charge on any atom is -0.379 e. The monoisotopic (exact) mass is 295 g/mol. The summed E-state index contributed by atoms with van der Waals surface area (Å²) in [5.41, 5.74) is 0.942. The van der Waals surface area contributed by atoms with Crippen molar-refractivity contribution in [3.8, 4) is 0 Å². The van der Waals surface area contributed by atoms with Gasteiger partial charge in [0.05, 0.1) is 19.1 Å². The van der Waals surface area contributed by atoms with Gasteiger partial charge in [0.1, 0.15) is 4.21 Å². The summed E-state index contributed by atoms with van der Waals surface area (Å²) in [5.74, 6) is 0.356. The first-order chi connectivity index (χ1) is 8.05. The van der Waals surface area contributed by atoms with Crippen molar-refractivity contribution >= 4 is 33.0 Å². The molecule has 96 valence electrons. The van der Waals surface area contributed by atoms with Crippen LogP contribution in [0, 0.1) is 6.92 Å². The Morgan fingerprint density at radius 2 is 2.12 bits per heavy atom. The van der Waals surface area contributed by atoms with E-state index < -0.39 is 10.0 Å². The zero-order valence-corrected chi connectivity index (χ0v) is 11.9. The number of morpholine rings is 1. The summed E-state index contributed by atoms with van der Waals surface area (Å²) in [5, 5.41) is 0. The molecule has 0 N–H and O–H groups in total. The van der Waals surface area contributed by atoms with Gasteiger partial charge in [0.25, 0.3) is 10.0 Å². The van der Waals surface area contributed by atoms with Crippen LogP contribution in [-0.4, -0.2) is 39.0 Å². The molecule has 0 aromatic carbocycles. The lowest BCUT2D eigenvalue weighted by molar-refractivity contribution is 0.0731. The standard InChI is InChI=1S/C10H14ClNO3S2/c1-8-6-10(16-9(8)7-11)17(13,14)12-2-4-15-5-3-12/h6H,2-5,7H2,1H3. The number of hydrogen-bond donors (Lipinski definition) is 0. The van der Waals surface area contributed by atoms with Crippen molar-refractivity contribution < 1.29 is 13.2 Å². The van der Waals surface area contributed by atoms with Crippen LogP contribution in [0.15, 0.2) is 10.3 Å². The molecule has 0 bridgehead atoms. The molecule has 2 rings (SSSR count). The average molecular weight is 296 g/mol. The Kier molecular flexibility index (Phi) is 4.10. The van der Waals surface area contributed by atoms with Crippen LogP contribution in [-0.2, 0) is 20.6 Å². The van der Waals surface area contributed by atoms with Gasteiger partial charge in [-0.25, -0.2) is 8.42 Å². The lowest BCUT2D eigenvalue weighted by Crippen LogP contribution is -2.40. The summed E-state index contributed by atoms with van der Waals surface area (Å²) in [4.78, 5) is 0.915. The highest BCUT2D eigenvalue weighted by atomic mass is 35.5. The number of alkyl halides is 1. The summed E-state index contributed by atoms with van der Waals surface area (Å²) >= 11 is 7.02. The van der Waals surface area contributed by atoms with Gasteiger partial charge >= 0.3 is 0 Å². The summed E-state index contributed by atoms with van der Waals surface area (Å²) in [7, 11) is -3.36. The third kappa shape index (κ3) is 2.66. The fourth-order valence-corrected chi connectivity index (χ4v) is 5.04. The van der Waals surface area contributed by atoms with Crippen molar-refractivity contribution in [1.82, 2.24) is 4.31 Å². The lowest BCUT2D eigenvalue weighted by Gasteiger charge is -2.25.